The van der Waals surface area contributed by atoms with Crippen LogP contribution in [0.5, 0.6) is 0 Å². The van der Waals surface area contributed by atoms with Crippen LogP contribution >= 0.6 is 23.1 Å². The Morgan fingerprint density at radius 2 is 2.19 bits per heavy atom. The minimum Gasteiger partial charge on any atom is -0.283 e. The second-order valence-corrected chi connectivity index (χ2v) is 9.07. The number of thioether (sulfide) groups is 1. The summed E-state index contributed by atoms with van der Waals surface area (Å²) in [5.74, 6) is 1.05. The van der Waals surface area contributed by atoms with Gasteiger partial charge in [-0.05, 0) is 48.4 Å². The molecule has 3 nitrogen and oxygen atoms in total. The SMILES string of the molecule is C=CCn1c(SCc2ccc(F)cc2)nc2sc3c(c2c1=O)CC[C@@H](C)C3. The quantitative estimate of drug-likeness (QED) is 0.335. The molecular formula is C21H21FN2OS2. The van der Waals surface area contributed by atoms with Crippen LogP contribution in [-0.4, -0.2) is 9.55 Å². The van der Waals surface area contributed by atoms with E-state index in [9.17, 15) is 9.18 Å². The highest BCUT2D eigenvalue weighted by Crippen LogP contribution is 2.36. The van der Waals surface area contributed by atoms with Crippen molar-refractivity contribution in [2.24, 2.45) is 5.92 Å². The van der Waals surface area contributed by atoms with Crippen LogP contribution in [0.2, 0.25) is 0 Å². The first-order valence-electron chi connectivity index (χ1n) is 9.10. The number of thiophene rings is 1. The molecule has 0 aliphatic heterocycles. The van der Waals surface area contributed by atoms with Crippen LogP contribution in [0.4, 0.5) is 4.39 Å². The van der Waals surface area contributed by atoms with Gasteiger partial charge in [0.05, 0.1) is 5.39 Å². The van der Waals surface area contributed by atoms with Gasteiger partial charge in [0.2, 0.25) is 0 Å². The summed E-state index contributed by atoms with van der Waals surface area (Å²) in [6, 6.07) is 6.44. The van der Waals surface area contributed by atoms with Crippen LogP contribution in [0, 0.1) is 11.7 Å². The zero-order valence-corrected chi connectivity index (χ0v) is 16.8. The molecular weight excluding hydrogens is 379 g/mol. The molecule has 2 aromatic heterocycles. The van der Waals surface area contributed by atoms with E-state index >= 15 is 0 Å². The fourth-order valence-corrected chi connectivity index (χ4v) is 5.92. The molecule has 6 heteroatoms. The van der Waals surface area contributed by atoms with Gasteiger partial charge >= 0.3 is 0 Å². The molecule has 4 rings (SSSR count). The normalized spacial score (nSPS) is 16.4. The summed E-state index contributed by atoms with van der Waals surface area (Å²) in [6.07, 6.45) is 4.86. The Balaban J connectivity index is 1.75. The van der Waals surface area contributed by atoms with Gasteiger partial charge in [-0.15, -0.1) is 17.9 Å². The van der Waals surface area contributed by atoms with E-state index in [-0.39, 0.29) is 11.4 Å². The van der Waals surface area contributed by atoms with E-state index in [2.05, 4.69) is 13.5 Å². The molecule has 0 bridgehead atoms. The number of nitrogens with zero attached hydrogens (tertiary/aromatic N) is 2. The largest absolute Gasteiger partial charge is 0.283 e. The Bertz CT molecular complexity index is 1050. The molecule has 1 atom stereocenters. The summed E-state index contributed by atoms with van der Waals surface area (Å²) < 4.78 is 14.8. The van der Waals surface area contributed by atoms with Crippen molar-refractivity contribution in [1.82, 2.24) is 9.55 Å². The van der Waals surface area contributed by atoms with Gasteiger partial charge in [-0.2, -0.15) is 0 Å². The van der Waals surface area contributed by atoms with Crippen LogP contribution in [-0.2, 0) is 25.1 Å². The Kier molecular flexibility index (Phi) is 5.19. The molecule has 0 N–H and O–H groups in total. The minimum atomic E-state index is -0.245. The minimum absolute atomic E-state index is 0.0357. The smallest absolute Gasteiger partial charge is 0.263 e. The first-order valence-corrected chi connectivity index (χ1v) is 10.9. The maximum absolute atomic E-state index is 13.2. The molecule has 0 saturated heterocycles. The number of fused-ring (bicyclic) bond motifs is 3. The Morgan fingerprint density at radius 3 is 2.93 bits per heavy atom. The number of rotatable bonds is 5. The Hall–Kier alpha value is -1.92. The van der Waals surface area contributed by atoms with Crippen molar-refractivity contribution in [3.8, 4) is 0 Å². The summed E-state index contributed by atoms with van der Waals surface area (Å²) in [7, 11) is 0. The van der Waals surface area contributed by atoms with E-state index < -0.39 is 0 Å². The molecule has 0 saturated carbocycles. The number of aromatic nitrogens is 2. The van der Waals surface area contributed by atoms with E-state index in [0.29, 0.717) is 23.4 Å². The van der Waals surface area contributed by atoms with E-state index in [0.717, 1.165) is 35.0 Å². The third-order valence-corrected chi connectivity index (χ3v) is 7.17. The summed E-state index contributed by atoms with van der Waals surface area (Å²) in [6.45, 7) is 6.50. The van der Waals surface area contributed by atoms with E-state index in [1.165, 1.54) is 34.3 Å². The molecule has 0 amide bonds. The number of benzene rings is 1. The van der Waals surface area contributed by atoms with Gasteiger partial charge in [0.15, 0.2) is 5.16 Å². The van der Waals surface area contributed by atoms with Gasteiger partial charge < -0.3 is 0 Å². The first-order chi connectivity index (χ1) is 13.1. The van der Waals surface area contributed by atoms with Gasteiger partial charge in [-0.1, -0.05) is 36.9 Å². The summed E-state index contributed by atoms with van der Waals surface area (Å²) in [5.41, 5.74) is 2.24. The van der Waals surface area contributed by atoms with Gasteiger partial charge in [-0.3, -0.25) is 9.36 Å². The second kappa shape index (κ2) is 7.60. The van der Waals surface area contributed by atoms with Crippen LogP contribution in [0.25, 0.3) is 10.2 Å². The van der Waals surface area contributed by atoms with Crippen molar-refractivity contribution in [1.29, 1.82) is 0 Å². The fraction of sp³-hybridized carbons (Fsp3) is 0.333. The maximum Gasteiger partial charge on any atom is 0.263 e. The summed E-state index contributed by atoms with van der Waals surface area (Å²) in [4.78, 5) is 20.2. The van der Waals surface area contributed by atoms with Gasteiger partial charge in [-0.25, -0.2) is 9.37 Å². The predicted octanol–water partition coefficient (Wildman–Crippen LogP) is 5.20. The van der Waals surface area contributed by atoms with Gasteiger partial charge in [0.1, 0.15) is 10.6 Å². The van der Waals surface area contributed by atoms with Crippen molar-refractivity contribution in [2.75, 3.05) is 0 Å². The van der Waals surface area contributed by atoms with Crippen molar-refractivity contribution in [3.05, 3.63) is 69.1 Å². The maximum atomic E-state index is 13.2. The molecule has 3 aromatic rings. The molecule has 2 heterocycles. The molecule has 0 spiro atoms. The van der Waals surface area contributed by atoms with Crippen molar-refractivity contribution in [3.63, 3.8) is 0 Å². The average Bonchev–Trinajstić information content (AvgIpc) is 3.01. The van der Waals surface area contributed by atoms with Crippen LogP contribution in [0.1, 0.15) is 29.3 Å². The molecule has 140 valence electrons. The molecule has 1 aliphatic rings. The molecule has 1 aromatic carbocycles. The Labute approximate surface area is 165 Å². The zero-order valence-electron chi connectivity index (χ0n) is 15.2. The van der Waals surface area contributed by atoms with E-state index in [4.69, 9.17) is 4.98 Å². The van der Waals surface area contributed by atoms with Gasteiger partial charge in [0, 0.05) is 17.2 Å². The third-order valence-electron chi connectivity index (χ3n) is 4.97. The zero-order chi connectivity index (χ0) is 19.0. The van der Waals surface area contributed by atoms with Crippen LogP contribution in [0.3, 0.4) is 0 Å². The standard InChI is InChI=1S/C21H21FN2OS2/c1-3-10-24-20(25)18-16-9-4-13(2)11-17(16)27-19(18)23-21(24)26-12-14-5-7-15(22)8-6-14/h3,5-8,13H,1,4,9-12H2,2H3/t13-/m1/s1. The second-order valence-electron chi connectivity index (χ2n) is 7.05. The lowest BCUT2D eigenvalue weighted by atomic mass is 9.89. The molecule has 0 fully saturated rings. The van der Waals surface area contributed by atoms with E-state index in [1.54, 1.807) is 34.1 Å². The predicted molar refractivity (Wildman–Crippen MR) is 111 cm³/mol. The summed E-state index contributed by atoms with van der Waals surface area (Å²) >= 11 is 3.18. The fourth-order valence-electron chi connectivity index (χ4n) is 3.53. The third kappa shape index (κ3) is 3.60. The summed E-state index contributed by atoms with van der Waals surface area (Å²) in [5, 5.41) is 1.50. The highest BCUT2D eigenvalue weighted by molar-refractivity contribution is 7.98. The van der Waals surface area contributed by atoms with Crippen LogP contribution in [0.15, 0.2) is 46.9 Å². The number of aryl methyl sites for hydroxylation is 1. The van der Waals surface area contributed by atoms with Gasteiger partial charge in [0.25, 0.3) is 5.56 Å². The average molecular weight is 401 g/mol. The topological polar surface area (TPSA) is 34.9 Å². The van der Waals surface area contributed by atoms with E-state index in [1.807, 2.05) is 0 Å². The lowest BCUT2D eigenvalue weighted by Gasteiger charge is -2.17. The highest BCUT2D eigenvalue weighted by atomic mass is 32.2. The number of hydrogen-bond donors (Lipinski definition) is 0. The van der Waals surface area contributed by atoms with Crippen LogP contribution < -0.4 is 5.56 Å². The number of halogens is 1. The number of hydrogen-bond acceptors (Lipinski definition) is 4. The Morgan fingerprint density at radius 1 is 1.41 bits per heavy atom. The monoisotopic (exact) mass is 400 g/mol. The number of allylic oxidation sites excluding steroid dienone is 1. The first kappa shape index (κ1) is 18.4. The molecule has 1 aliphatic carbocycles. The van der Waals surface area contributed by atoms with Crippen molar-refractivity contribution >= 4 is 33.3 Å². The molecule has 27 heavy (non-hydrogen) atoms. The lowest BCUT2D eigenvalue weighted by Crippen LogP contribution is -2.23. The molecule has 0 radical (unpaired) electrons. The molecule has 0 unspecified atom stereocenters. The van der Waals surface area contributed by atoms with Crippen molar-refractivity contribution in [2.45, 2.75) is 43.6 Å². The van der Waals surface area contributed by atoms with Crippen molar-refractivity contribution < 1.29 is 4.39 Å². The highest BCUT2D eigenvalue weighted by Gasteiger charge is 2.24. The lowest BCUT2D eigenvalue weighted by molar-refractivity contribution is 0.509.